The molecule has 0 radical (unpaired) electrons. The van der Waals surface area contributed by atoms with Crippen LogP contribution in [0.25, 0.3) is 0 Å². The molecule has 2 heteroatoms. The van der Waals surface area contributed by atoms with Gasteiger partial charge in [0.25, 0.3) is 0 Å². The number of rotatable bonds is 16. The fourth-order valence-electron chi connectivity index (χ4n) is 5.62. The molecule has 1 aliphatic heterocycles. The summed E-state index contributed by atoms with van der Waals surface area (Å²) in [7, 11) is 0. The Morgan fingerprint density at radius 3 is 1.93 bits per heavy atom. The van der Waals surface area contributed by atoms with Gasteiger partial charge in [0, 0.05) is 5.92 Å². The molecule has 4 atom stereocenters. The molecule has 2 nitrogen and oxygen atoms in total. The summed E-state index contributed by atoms with van der Waals surface area (Å²) in [5.74, 6) is 1.99. The Morgan fingerprint density at radius 2 is 1.38 bits per heavy atom. The van der Waals surface area contributed by atoms with Crippen molar-refractivity contribution in [2.45, 2.75) is 123 Å². The van der Waals surface area contributed by atoms with Crippen LogP contribution in [0.1, 0.15) is 123 Å². The SMILES string of the molecule is C/C=C/[C@H]1CC(CCCCCCCCCCCCCCCC)C[C@@H]2C(=O)OC[C@@H]21. The molecule has 0 spiro atoms. The third kappa shape index (κ3) is 9.26. The van der Waals surface area contributed by atoms with Gasteiger partial charge in [0.2, 0.25) is 0 Å². The summed E-state index contributed by atoms with van der Waals surface area (Å²) in [4.78, 5) is 12.1. The molecule has 1 saturated heterocycles. The zero-order valence-electron chi connectivity index (χ0n) is 19.5. The second-order valence-corrected chi connectivity index (χ2v) is 9.81. The topological polar surface area (TPSA) is 26.3 Å². The molecule has 0 bridgehead atoms. The number of carbonyl (C=O) groups is 1. The molecular weight excluding hydrogens is 356 g/mol. The smallest absolute Gasteiger partial charge is 0.309 e. The van der Waals surface area contributed by atoms with Gasteiger partial charge in [-0.25, -0.2) is 0 Å². The first kappa shape index (κ1) is 24.5. The third-order valence-corrected chi connectivity index (χ3v) is 7.39. The molecule has 0 aromatic carbocycles. The highest BCUT2D eigenvalue weighted by molar-refractivity contribution is 5.75. The zero-order valence-corrected chi connectivity index (χ0v) is 19.5. The first-order chi connectivity index (χ1) is 14.3. The van der Waals surface area contributed by atoms with E-state index in [1.807, 2.05) is 0 Å². The highest BCUT2D eigenvalue weighted by atomic mass is 16.5. The van der Waals surface area contributed by atoms with Crippen LogP contribution in [0.5, 0.6) is 0 Å². The average molecular weight is 405 g/mol. The molecule has 2 fully saturated rings. The van der Waals surface area contributed by atoms with Gasteiger partial charge >= 0.3 is 5.97 Å². The van der Waals surface area contributed by atoms with Gasteiger partial charge in [0.1, 0.15) is 0 Å². The predicted octanol–water partition coefficient (Wildman–Crippen LogP) is 8.25. The molecule has 1 aliphatic carbocycles. The lowest BCUT2D eigenvalue weighted by atomic mass is 9.68. The van der Waals surface area contributed by atoms with Gasteiger partial charge in [-0.3, -0.25) is 4.79 Å². The summed E-state index contributed by atoms with van der Waals surface area (Å²) in [6.45, 7) is 5.05. The molecule has 1 saturated carbocycles. The van der Waals surface area contributed by atoms with Gasteiger partial charge in [-0.15, -0.1) is 0 Å². The summed E-state index contributed by atoms with van der Waals surface area (Å²) in [6, 6.07) is 0. The standard InChI is InChI=1S/C27H48O2/c1-3-5-6-7-8-9-10-11-12-13-14-15-16-17-19-23-20-24(18-4-2)26-22-29-27(28)25(26)21-23/h4,18,23-26H,3,5-17,19-22H2,1-2H3/b18-4+/t23?,24-,25-,26+/m0/s1. The molecule has 0 aromatic heterocycles. The maximum absolute atomic E-state index is 12.1. The van der Waals surface area contributed by atoms with Gasteiger partial charge in [-0.2, -0.15) is 0 Å². The van der Waals surface area contributed by atoms with Crippen LogP contribution >= 0.6 is 0 Å². The monoisotopic (exact) mass is 404 g/mol. The maximum Gasteiger partial charge on any atom is 0.309 e. The van der Waals surface area contributed by atoms with Crippen LogP contribution in [-0.4, -0.2) is 12.6 Å². The second kappa shape index (κ2) is 15.1. The largest absolute Gasteiger partial charge is 0.465 e. The Bertz CT molecular complexity index is 455. The highest BCUT2D eigenvalue weighted by Crippen LogP contribution is 2.44. The number of hydrogen-bond acceptors (Lipinski definition) is 2. The quantitative estimate of drug-likeness (QED) is 0.147. The third-order valence-electron chi connectivity index (χ3n) is 7.39. The number of fused-ring (bicyclic) bond motifs is 1. The van der Waals surface area contributed by atoms with Crippen molar-refractivity contribution in [1.29, 1.82) is 0 Å². The van der Waals surface area contributed by atoms with Crippen molar-refractivity contribution in [2.75, 3.05) is 6.61 Å². The molecule has 2 rings (SSSR count). The number of allylic oxidation sites excluding steroid dienone is 2. The van der Waals surface area contributed by atoms with Crippen LogP contribution in [0, 0.1) is 23.7 Å². The van der Waals surface area contributed by atoms with Gasteiger partial charge in [-0.1, -0.05) is 115 Å². The number of ether oxygens (including phenoxy) is 1. The molecule has 0 aromatic rings. The number of carbonyl (C=O) groups excluding carboxylic acids is 1. The Kier molecular flexibility index (Phi) is 12.7. The minimum Gasteiger partial charge on any atom is -0.465 e. The van der Waals surface area contributed by atoms with E-state index >= 15 is 0 Å². The Hall–Kier alpha value is -0.790. The minimum absolute atomic E-state index is 0.0789. The fourth-order valence-corrected chi connectivity index (χ4v) is 5.62. The van der Waals surface area contributed by atoms with E-state index in [0.717, 1.165) is 12.3 Å². The minimum atomic E-state index is 0.0789. The van der Waals surface area contributed by atoms with Crippen LogP contribution in [0.15, 0.2) is 12.2 Å². The second-order valence-electron chi connectivity index (χ2n) is 9.81. The summed E-state index contributed by atoms with van der Waals surface area (Å²) in [5.41, 5.74) is 0. The van der Waals surface area contributed by atoms with Crippen molar-refractivity contribution >= 4 is 5.97 Å². The zero-order chi connectivity index (χ0) is 20.7. The van der Waals surface area contributed by atoms with Crippen LogP contribution in [-0.2, 0) is 9.53 Å². The van der Waals surface area contributed by atoms with Crippen LogP contribution in [0.3, 0.4) is 0 Å². The number of unbranched alkanes of at least 4 members (excludes halogenated alkanes) is 13. The highest BCUT2D eigenvalue weighted by Gasteiger charge is 2.45. The molecule has 168 valence electrons. The first-order valence-corrected chi connectivity index (χ1v) is 13.1. The van der Waals surface area contributed by atoms with E-state index in [9.17, 15) is 4.79 Å². The van der Waals surface area contributed by atoms with Crippen LogP contribution in [0.4, 0.5) is 0 Å². The van der Waals surface area contributed by atoms with Crippen molar-refractivity contribution in [3.63, 3.8) is 0 Å². The first-order valence-electron chi connectivity index (χ1n) is 13.1. The molecular formula is C27H48O2. The van der Waals surface area contributed by atoms with Crippen molar-refractivity contribution in [2.24, 2.45) is 23.7 Å². The summed E-state index contributed by atoms with van der Waals surface area (Å²) in [6.07, 6.45) is 28.0. The molecule has 1 heterocycles. The van der Waals surface area contributed by atoms with E-state index in [1.165, 1.54) is 103 Å². The molecule has 29 heavy (non-hydrogen) atoms. The van der Waals surface area contributed by atoms with Gasteiger partial charge < -0.3 is 4.74 Å². The van der Waals surface area contributed by atoms with E-state index in [0.29, 0.717) is 18.4 Å². The number of cyclic esters (lactones) is 1. The van der Waals surface area contributed by atoms with E-state index < -0.39 is 0 Å². The Labute approximate surface area is 181 Å². The van der Waals surface area contributed by atoms with E-state index in [4.69, 9.17) is 4.74 Å². The number of hydrogen-bond donors (Lipinski definition) is 0. The predicted molar refractivity (Wildman–Crippen MR) is 124 cm³/mol. The molecule has 0 N–H and O–H groups in total. The van der Waals surface area contributed by atoms with Crippen LogP contribution < -0.4 is 0 Å². The molecule has 0 amide bonds. The molecule has 2 aliphatic rings. The summed E-state index contributed by atoms with van der Waals surface area (Å²) in [5, 5.41) is 0. The fraction of sp³-hybridized carbons (Fsp3) is 0.889. The van der Waals surface area contributed by atoms with Crippen molar-refractivity contribution < 1.29 is 9.53 Å². The van der Waals surface area contributed by atoms with Gasteiger partial charge in [0.05, 0.1) is 12.5 Å². The maximum atomic E-state index is 12.1. The van der Waals surface area contributed by atoms with Gasteiger partial charge in [-0.05, 0) is 31.6 Å². The van der Waals surface area contributed by atoms with Crippen molar-refractivity contribution in [1.82, 2.24) is 0 Å². The Morgan fingerprint density at radius 1 is 0.828 bits per heavy atom. The average Bonchev–Trinajstić information content (AvgIpc) is 3.09. The van der Waals surface area contributed by atoms with E-state index in [2.05, 4.69) is 26.0 Å². The lowest BCUT2D eigenvalue weighted by Gasteiger charge is -2.34. The van der Waals surface area contributed by atoms with Crippen molar-refractivity contribution in [3.8, 4) is 0 Å². The summed E-state index contributed by atoms with van der Waals surface area (Å²) < 4.78 is 5.38. The number of esters is 1. The van der Waals surface area contributed by atoms with E-state index in [1.54, 1.807) is 0 Å². The summed E-state index contributed by atoms with van der Waals surface area (Å²) >= 11 is 0. The molecule has 1 unspecified atom stereocenters. The van der Waals surface area contributed by atoms with Crippen molar-refractivity contribution in [3.05, 3.63) is 12.2 Å². The lowest BCUT2D eigenvalue weighted by Crippen LogP contribution is -2.32. The normalized spacial score (nSPS) is 26.8. The Balaban J connectivity index is 1.44. The lowest BCUT2D eigenvalue weighted by molar-refractivity contribution is -0.142. The van der Waals surface area contributed by atoms with Gasteiger partial charge in [0.15, 0.2) is 0 Å². The van der Waals surface area contributed by atoms with Crippen LogP contribution in [0.2, 0.25) is 0 Å². The van der Waals surface area contributed by atoms with E-state index in [-0.39, 0.29) is 11.9 Å².